The number of hydrogen-bond acceptors (Lipinski definition) is 2. The van der Waals surface area contributed by atoms with Gasteiger partial charge in [-0.3, -0.25) is 0 Å². The van der Waals surface area contributed by atoms with Crippen molar-refractivity contribution in [1.29, 1.82) is 0 Å². The molecule has 0 aliphatic carbocycles. The number of hydrogen-bond donors (Lipinski definition) is 1. The van der Waals surface area contributed by atoms with Gasteiger partial charge in [-0.25, -0.2) is 0 Å². The second kappa shape index (κ2) is 7.00. The Hall–Kier alpha value is -1.77. The fraction of sp³-hybridized carbons (Fsp3) is 0.391. The van der Waals surface area contributed by atoms with Crippen LogP contribution in [0.5, 0.6) is 0 Å². The molecule has 0 aliphatic heterocycles. The maximum atomic E-state index is 9.17. The molecular formula is C23H26B2O2. The van der Waals surface area contributed by atoms with E-state index in [0.717, 1.165) is 38.0 Å². The molecule has 0 unspecified atom stereocenters. The zero-order valence-corrected chi connectivity index (χ0v) is 16.9. The van der Waals surface area contributed by atoms with Crippen LogP contribution in [0.2, 0.25) is 0 Å². The first kappa shape index (κ1) is 20.0. The van der Waals surface area contributed by atoms with Gasteiger partial charge in [-0.05, 0) is 51.9 Å². The van der Waals surface area contributed by atoms with E-state index in [1.807, 2.05) is 44.2 Å². The van der Waals surface area contributed by atoms with Gasteiger partial charge in [0.2, 0.25) is 0 Å². The molecular weight excluding hydrogens is 330 g/mol. The summed E-state index contributed by atoms with van der Waals surface area (Å²) in [6.07, 6.45) is 0. The first-order valence-electron chi connectivity index (χ1n) is 9.37. The van der Waals surface area contributed by atoms with Gasteiger partial charge in [0.1, 0.15) is 15.7 Å². The highest BCUT2D eigenvalue weighted by atomic mass is 16.5. The largest absolute Gasteiger partial charge is 0.394 e. The van der Waals surface area contributed by atoms with Gasteiger partial charge in [0, 0.05) is 0 Å². The maximum Gasteiger partial charge on any atom is 0.115 e. The zero-order chi connectivity index (χ0) is 20.0. The Morgan fingerprint density at radius 2 is 1.30 bits per heavy atom. The summed E-state index contributed by atoms with van der Waals surface area (Å²) >= 11 is 0. The number of ether oxygens (including phenoxy) is 1. The molecule has 0 heterocycles. The van der Waals surface area contributed by atoms with Crippen LogP contribution in [0.15, 0.2) is 36.4 Å². The molecule has 3 rings (SSSR count). The molecule has 0 saturated carbocycles. The molecule has 0 fully saturated rings. The van der Waals surface area contributed by atoms with Crippen LogP contribution < -0.4 is 10.9 Å². The minimum absolute atomic E-state index is 0.0241. The molecule has 2 nitrogen and oxygen atoms in total. The van der Waals surface area contributed by atoms with E-state index in [2.05, 4.69) is 26.8 Å². The number of fused-ring (bicyclic) bond motifs is 2. The lowest BCUT2D eigenvalue weighted by atomic mass is 9.71. The molecule has 27 heavy (non-hydrogen) atoms. The van der Waals surface area contributed by atoms with Crippen molar-refractivity contribution in [2.24, 2.45) is 0 Å². The standard InChI is InChI=1S/C23H26B2O2/c1-22(2,3)16-10-6-8-14-18(16)20(24)15-9-7-11-17(19(15)21(14)25)23(4,5)27-13-12-26/h6-11,26H,12-13H2,1-5H3. The monoisotopic (exact) mass is 356 g/mol. The first-order valence-corrected chi connectivity index (χ1v) is 9.37. The summed E-state index contributed by atoms with van der Waals surface area (Å²) in [6, 6.07) is 12.2. The Morgan fingerprint density at radius 3 is 1.78 bits per heavy atom. The summed E-state index contributed by atoms with van der Waals surface area (Å²) in [5, 5.41) is 13.0. The molecule has 0 aromatic heterocycles. The lowest BCUT2D eigenvalue weighted by Crippen LogP contribution is -2.28. The SMILES string of the molecule is [B]c1c2cccc(C(C)(C)OCCO)c2c([B])c2cccc(C(C)(C)C)c12. The Bertz CT molecular complexity index is 1000. The normalized spacial score (nSPS) is 12.8. The Kier molecular flexibility index (Phi) is 5.18. The lowest BCUT2D eigenvalue weighted by molar-refractivity contribution is -0.0359. The molecule has 0 saturated heterocycles. The Labute approximate surface area is 164 Å². The second-order valence-corrected chi connectivity index (χ2v) is 8.62. The van der Waals surface area contributed by atoms with E-state index in [1.54, 1.807) is 0 Å². The third-order valence-electron chi connectivity index (χ3n) is 5.26. The van der Waals surface area contributed by atoms with Crippen molar-refractivity contribution in [2.75, 3.05) is 13.2 Å². The third kappa shape index (κ3) is 3.41. The first-order chi connectivity index (χ1) is 12.6. The second-order valence-electron chi connectivity index (χ2n) is 8.62. The third-order valence-corrected chi connectivity index (χ3v) is 5.26. The summed E-state index contributed by atoms with van der Waals surface area (Å²) in [6.45, 7) is 10.8. The van der Waals surface area contributed by atoms with E-state index in [9.17, 15) is 0 Å². The van der Waals surface area contributed by atoms with Crippen LogP contribution in [-0.2, 0) is 15.8 Å². The van der Waals surface area contributed by atoms with Gasteiger partial charge < -0.3 is 9.84 Å². The molecule has 136 valence electrons. The fourth-order valence-corrected chi connectivity index (χ4v) is 3.91. The van der Waals surface area contributed by atoms with E-state index in [1.165, 1.54) is 5.56 Å². The summed E-state index contributed by atoms with van der Waals surface area (Å²) < 4.78 is 5.91. The van der Waals surface area contributed by atoms with Crippen LogP contribution >= 0.6 is 0 Å². The summed E-state index contributed by atoms with van der Waals surface area (Å²) in [5.74, 6) is 0. The highest BCUT2D eigenvalue weighted by molar-refractivity contribution is 6.54. The average molecular weight is 356 g/mol. The molecule has 1 N–H and O–H groups in total. The van der Waals surface area contributed by atoms with E-state index in [4.69, 9.17) is 25.5 Å². The van der Waals surface area contributed by atoms with E-state index in [0.29, 0.717) is 0 Å². The van der Waals surface area contributed by atoms with Gasteiger partial charge in [-0.2, -0.15) is 0 Å². The lowest BCUT2D eigenvalue weighted by Gasteiger charge is -2.30. The summed E-state index contributed by atoms with van der Waals surface area (Å²) in [4.78, 5) is 0. The smallest absolute Gasteiger partial charge is 0.115 e. The number of aliphatic hydroxyl groups excluding tert-OH is 1. The van der Waals surface area contributed by atoms with E-state index >= 15 is 0 Å². The molecule has 0 spiro atoms. The van der Waals surface area contributed by atoms with Gasteiger partial charge in [0.15, 0.2) is 0 Å². The van der Waals surface area contributed by atoms with Gasteiger partial charge >= 0.3 is 0 Å². The van der Waals surface area contributed by atoms with Crippen molar-refractivity contribution in [2.45, 2.75) is 45.6 Å². The molecule has 0 aliphatic rings. The van der Waals surface area contributed by atoms with Crippen LogP contribution in [0, 0.1) is 0 Å². The Morgan fingerprint density at radius 1 is 0.815 bits per heavy atom. The van der Waals surface area contributed by atoms with Crippen molar-refractivity contribution in [3.63, 3.8) is 0 Å². The number of benzene rings is 3. The topological polar surface area (TPSA) is 29.5 Å². The minimum Gasteiger partial charge on any atom is -0.394 e. The minimum atomic E-state index is -0.599. The Balaban J connectivity index is 2.44. The molecule has 0 atom stereocenters. The zero-order valence-electron chi connectivity index (χ0n) is 16.9. The van der Waals surface area contributed by atoms with Gasteiger partial charge in [0.25, 0.3) is 0 Å². The molecule has 0 amide bonds. The molecule has 4 radical (unpaired) electrons. The maximum absolute atomic E-state index is 9.17. The van der Waals surface area contributed by atoms with Gasteiger partial charge in [0.05, 0.1) is 18.8 Å². The molecule has 0 bridgehead atoms. The number of aliphatic hydroxyl groups is 1. The van der Waals surface area contributed by atoms with Gasteiger partial charge in [-0.1, -0.05) is 68.1 Å². The summed E-state index contributed by atoms with van der Waals surface area (Å²) in [7, 11) is 13.4. The highest BCUT2D eigenvalue weighted by Crippen LogP contribution is 2.34. The van der Waals surface area contributed by atoms with Crippen LogP contribution in [0.1, 0.15) is 45.7 Å². The fourth-order valence-electron chi connectivity index (χ4n) is 3.91. The molecule has 3 aromatic carbocycles. The van der Waals surface area contributed by atoms with Crippen molar-refractivity contribution < 1.29 is 9.84 Å². The van der Waals surface area contributed by atoms with E-state index < -0.39 is 5.60 Å². The van der Waals surface area contributed by atoms with E-state index in [-0.39, 0.29) is 18.6 Å². The van der Waals surface area contributed by atoms with Crippen molar-refractivity contribution >= 4 is 48.2 Å². The molecule has 3 aromatic rings. The predicted molar refractivity (Wildman–Crippen MR) is 117 cm³/mol. The van der Waals surface area contributed by atoms with Crippen LogP contribution in [0.25, 0.3) is 21.5 Å². The molecule has 4 heteroatoms. The number of rotatable bonds is 4. The average Bonchev–Trinajstić information content (AvgIpc) is 2.62. The van der Waals surface area contributed by atoms with Crippen LogP contribution in [0.3, 0.4) is 0 Å². The van der Waals surface area contributed by atoms with Crippen molar-refractivity contribution in [3.05, 3.63) is 47.5 Å². The highest BCUT2D eigenvalue weighted by Gasteiger charge is 2.26. The van der Waals surface area contributed by atoms with Crippen LogP contribution in [0.4, 0.5) is 0 Å². The summed E-state index contributed by atoms with van der Waals surface area (Å²) in [5.41, 5.74) is 2.98. The predicted octanol–water partition coefficient (Wildman–Crippen LogP) is 3.12. The van der Waals surface area contributed by atoms with Crippen LogP contribution in [-0.4, -0.2) is 34.0 Å². The van der Waals surface area contributed by atoms with Gasteiger partial charge in [-0.15, -0.1) is 0 Å². The van der Waals surface area contributed by atoms with Crippen molar-refractivity contribution in [1.82, 2.24) is 0 Å². The quantitative estimate of drug-likeness (QED) is 0.575. The van der Waals surface area contributed by atoms with Crippen molar-refractivity contribution in [3.8, 4) is 0 Å².